The molecule has 0 spiro atoms. The van der Waals surface area contributed by atoms with Crippen molar-refractivity contribution in [1.29, 1.82) is 0 Å². The molecule has 1 aliphatic heterocycles. The van der Waals surface area contributed by atoms with Gasteiger partial charge in [-0.25, -0.2) is 0 Å². The number of amides is 2. The Bertz CT molecular complexity index is 872. The summed E-state index contributed by atoms with van der Waals surface area (Å²) in [4.78, 5) is 29.1. The van der Waals surface area contributed by atoms with Gasteiger partial charge >= 0.3 is 0 Å². The minimum absolute atomic E-state index is 0.0784. The minimum Gasteiger partial charge on any atom is -0.497 e. The van der Waals surface area contributed by atoms with Crippen LogP contribution in [-0.2, 0) is 4.79 Å². The maximum Gasteiger partial charge on any atom is 0.254 e. The zero-order valence-corrected chi connectivity index (χ0v) is 17.5. The molecule has 0 unspecified atom stereocenters. The third-order valence-corrected chi connectivity index (χ3v) is 5.01. The molecule has 0 radical (unpaired) electrons. The molecule has 2 aromatic rings. The quantitative estimate of drug-likeness (QED) is 0.749. The number of ether oxygens (including phenoxy) is 3. The van der Waals surface area contributed by atoms with Gasteiger partial charge in [-0.15, -0.1) is 0 Å². The van der Waals surface area contributed by atoms with Gasteiger partial charge < -0.3 is 24.4 Å². The van der Waals surface area contributed by atoms with E-state index in [2.05, 4.69) is 5.32 Å². The lowest BCUT2D eigenvalue weighted by Crippen LogP contribution is -2.50. The zero-order chi connectivity index (χ0) is 21.5. The summed E-state index contributed by atoms with van der Waals surface area (Å²) in [5, 5.41) is 2.88. The maximum absolute atomic E-state index is 12.9. The zero-order valence-electron chi connectivity index (χ0n) is 17.5. The van der Waals surface area contributed by atoms with Crippen LogP contribution in [0.1, 0.15) is 10.4 Å². The number of rotatable bonds is 7. The number of methoxy groups -OCH3 is 3. The van der Waals surface area contributed by atoms with Gasteiger partial charge in [0.1, 0.15) is 17.2 Å². The average molecular weight is 413 g/mol. The molecule has 0 atom stereocenters. The standard InChI is InChI=1S/C22H27N3O5/c1-28-17-12-16(13-18(14-17)29-2)22(27)25-10-8-24(9-11-25)15-21(26)23-19-6-4-5-7-20(19)30-3/h4-7,12-14H,8-11,15H2,1-3H3,(H,23,26). The Kier molecular flexibility index (Phi) is 7.13. The Morgan fingerprint density at radius 3 is 2.13 bits per heavy atom. The number of para-hydroxylation sites is 2. The van der Waals surface area contributed by atoms with E-state index in [9.17, 15) is 9.59 Å². The summed E-state index contributed by atoms with van der Waals surface area (Å²) < 4.78 is 15.8. The van der Waals surface area contributed by atoms with Crippen molar-refractivity contribution < 1.29 is 23.8 Å². The first-order valence-electron chi connectivity index (χ1n) is 9.71. The van der Waals surface area contributed by atoms with Crippen LogP contribution in [0.5, 0.6) is 17.2 Å². The molecule has 2 aromatic carbocycles. The number of carbonyl (C=O) groups is 2. The molecule has 1 saturated heterocycles. The van der Waals surface area contributed by atoms with E-state index in [1.54, 1.807) is 56.6 Å². The molecule has 3 rings (SSSR count). The molecule has 2 amide bonds. The molecular weight excluding hydrogens is 386 g/mol. The predicted octanol–water partition coefficient (Wildman–Crippen LogP) is 2.11. The van der Waals surface area contributed by atoms with Crippen molar-refractivity contribution in [3.05, 3.63) is 48.0 Å². The smallest absolute Gasteiger partial charge is 0.254 e. The lowest BCUT2D eigenvalue weighted by molar-refractivity contribution is -0.117. The number of nitrogens with zero attached hydrogens (tertiary/aromatic N) is 2. The van der Waals surface area contributed by atoms with E-state index >= 15 is 0 Å². The van der Waals surface area contributed by atoms with Crippen LogP contribution in [0.25, 0.3) is 0 Å². The van der Waals surface area contributed by atoms with Gasteiger partial charge in [-0.1, -0.05) is 12.1 Å². The summed E-state index contributed by atoms with van der Waals surface area (Å²) >= 11 is 0. The van der Waals surface area contributed by atoms with E-state index in [1.165, 1.54) is 0 Å². The summed E-state index contributed by atoms with van der Waals surface area (Å²) in [6, 6.07) is 12.4. The fraction of sp³-hybridized carbons (Fsp3) is 0.364. The third kappa shape index (κ3) is 5.21. The molecule has 160 valence electrons. The van der Waals surface area contributed by atoms with Crippen molar-refractivity contribution in [2.24, 2.45) is 0 Å². The lowest BCUT2D eigenvalue weighted by Gasteiger charge is -2.34. The number of piperazine rings is 1. The maximum atomic E-state index is 12.9. The number of hydrogen-bond donors (Lipinski definition) is 1. The molecule has 0 aromatic heterocycles. The Morgan fingerprint density at radius 2 is 1.53 bits per heavy atom. The number of hydrogen-bond acceptors (Lipinski definition) is 6. The summed E-state index contributed by atoms with van der Waals surface area (Å²) in [5.74, 6) is 1.57. The van der Waals surface area contributed by atoms with E-state index in [-0.39, 0.29) is 18.4 Å². The van der Waals surface area contributed by atoms with Gasteiger partial charge in [0, 0.05) is 37.8 Å². The summed E-state index contributed by atoms with van der Waals surface area (Å²) in [6.45, 7) is 2.58. The summed E-state index contributed by atoms with van der Waals surface area (Å²) in [7, 11) is 4.68. The van der Waals surface area contributed by atoms with Gasteiger partial charge in [-0.3, -0.25) is 14.5 Å². The molecular formula is C22H27N3O5. The lowest BCUT2D eigenvalue weighted by atomic mass is 10.1. The van der Waals surface area contributed by atoms with Crippen molar-refractivity contribution in [3.63, 3.8) is 0 Å². The molecule has 0 bridgehead atoms. The Labute approximate surface area is 176 Å². The van der Waals surface area contributed by atoms with Crippen LogP contribution in [0.4, 0.5) is 5.69 Å². The second kappa shape index (κ2) is 9.98. The number of carbonyl (C=O) groups excluding carboxylic acids is 2. The van der Waals surface area contributed by atoms with Crippen LogP contribution in [-0.4, -0.2) is 75.7 Å². The van der Waals surface area contributed by atoms with E-state index in [0.29, 0.717) is 54.7 Å². The van der Waals surface area contributed by atoms with Crippen LogP contribution >= 0.6 is 0 Å². The molecule has 8 heteroatoms. The van der Waals surface area contributed by atoms with Gasteiger partial charge in [0.2, 0.25) is 5.91 Å². The third-order valence-electron chi connectivity index (χ3n) is 5.01. The summed E-state index contributed by atoms with van der Waals surface area (Å²) in [6.07, 6.45) is 0. The minimum atomic E-state index is -0.114. The van der Waals surface area contributed by atoms with Crippen LogP contribution in [0.2, 0.25) is 0 Å². The van der Waals surface area contributed by atoms with Gasteiger partial charge in [0.15, 0.2) is 0 Å². The summed E-state index contributed by atoms with van der Waals surface area (Å²) in [5.41, 5.74) is 1.17. The Balaban J connectivity index is 1.54. The van der Waals surface area contributed by atoms with Crippen LogP contribution in [0.15, 0.2) is 42.5 Å². The number of anilines is 1. The van der Waals surface area contributed by atoms with Crippen molar-refractivity contribution >= 4 is 17.5 Å². The molecule has 0 aliphatic carbocycles. The molecule has 1 aliphatic rings. The van der Waals surface area contributed by atoms with E-state index in [0.717, 1.165) is 0 Å². The predicted molar refractivity (Wildman–Crippen MR) is 114 cm³/mol. The topological polar surface area (TPSA) is 80.3 Å². The Hall–Kier alpha value is -3.26. The van der Waals surface area contributed by atoms with Gasteiger partial charge in [0.25, 0.3) is 5.91 Å². The SMILES string of the molecule is COc1cc(OC)cc(C(=O)N2CCN(CC(=O)Nc3ccccc3OC)CC2)c1. The van der Waals surface area contributed by atoms with Crippen LogP contribution < -0.4 is 19.5 Å². The number of nitrogens with one attached hydrogen (secondary N) is 1. The van der Waals surface area contributed by atoms with Crippen molar-refractivity contribution in [3.8, 4) is 17.2 Å². The first-order chi connectivity index (χ1) is 14.5. The Morgan fingerprint density at radius 1 is 0.900 bits per heavy atom. The molecule has 0 saturated carbocycles. The normalized spacial score (nSPS) is 14.2. The highest BCUT2D eigenvalue weighted by Gasteiger charge is 2.24. The van der Waals surface area contributed by atoms with E-state index in [1.807, 2.05) is 17.0 Å². The average Bonchev–Trinajstić information content (AvgIpc) is 2.79. The molecule has 1 N–H and O–H groups in total. The van der Waals surface area contributed by atoms with Crippen LogP contribution in [0, 0.1) is 0 Å². The largest absolute Gasteiger partial charge is 0.497 e. The molecule has 1 heterocycles. The molecule has 1 fully saturated rings. The highest BCUT2D eigenvalue weighted by molar-refractivity contribution is 5.95. The first-order valence-corrected chi connectivity index (χ1v) is 9.71. The van der Waals surface area contributed by atoms with E-state index in [4.69, 9.17) is 14.2 Å². The number of benzene rings is 2. The molecule has 30 heavy (non-hydrogen) atoms. The highest BCUT2D eigenvalue weighted by Crippen LogP contribution is 2.24. The van der Waals surface area contributed by atoms with Gasteiger partial charge in [-0.05, 0) is 24.3 Å². The van der Waals surface area contributed by atoms with Crippen molar-refractivity contribution in [1.82, 2.24) is 9.80 Å². The van der Waals surface area contributed by atoms with Gasteiger partial charge in [-0.2, -0.15) is 0 Å². The first kappa shape index (κ1) is 21.4. The van der Waals surface area contributed by atoms with Crippen LogP contribution in [0.3, 0.4) is 0 Å². The van der Waals surface area contributed by atoms with E-state index < -0.39 is 0 Å². The molecule has 8 nitrogen and oxygen atoms in total. The van der Waals surface area contributed by atoms with Crippen molar-refractivity contribution in [2.45, 2.75) is 0 Å². The fourth-order valence-electron chi connectivity index (χ4n) is 3.36. The second-order valence-corrected chi connectivity index (χ2v) is 6.92. The van der Waals surface area contributed by atoms with Gasteiger partial charge in [0.05, 0.1) is 33.6 Å². The van der Waals surface area contributed by atoms with Crippen molar-refractivity contribution in [2.75, 3.05) is 59.4 Å². The fourth-order valence-corrected chi connectivity index (χ4v) is 3.36. The monoisotopic (exact) mass is 413 g/mol. The highest BCUT2D eigenvalue weighted by atomic mass is 16.5. The second-order valence-electron chi connectivity index (χ2n) is 6.92.